The SMILES string of the molecule is C=C[C@](C)(/C=C/C=O)c1cc(C)ccc1OCOC. The van der Waals surface area contributed by atoms with Crippen LogP contribution in [0.15, 0.2) is 43.0 Å². The topological polar surface area (TPSA) is 35.5 Å². The summed E-state index contributed by atoms with van der Waals surface area (Å²) in [5.74, 6) is 0.727. The fraction of sp³-hybridized carbons (Fsp3) is 0.312. The first-order valence-electron chi connectivity index (χ1n) is 6.07. The standard InChI is InChI=1S/C16H20O3/c1-5-16(3,9-6-10-17)14-11-13(2)7-8-15(14)19-12-18-4/h5-11H,1,12H2,2-4H3/b9-6+/t16-/m1/s1. The van der Waals surface area contributed by atoms with E-state index in [9.17, 15) is 4.79 Å². The van der Waals surface area contributed by atoms with Gasteiger partial charge in [-0.05, 0) is 26.0 Å². The van der Waals surface area contributed by atoms with Crippen molar-refractivity contribution in [2.45, 2.75) is 19.3 Å². The molecule has 0 N–H and O–H groups in total. The summed E-state index contributed by atoms with van der Waals surface area (Å²) in [7, 11) is 1.58. The van der Waals surface area contributed by atoms with Gasteiger partial charge in [-0.2, -0.15) is 0 Å². The first kappa shape index (κ1) is 15.2. The molecule has 0 spiro atoms. The van der Waals surface area contributed by atoms with Gasteiger partial charge in [-0.15, -0.1) is 6.58 Å². The molecule has 0 radical (unpaired) electrons. The van der Waals surface area contributed by atoms with E-state index in [1.165, 1.54) is 6.08 Å². The zero-order valence-electron chi connectivity index (χ0n) is 11.7. The Balaban J connectivity index is 3.27. The molecule has 3 nitrogen and oxygen atoms in total. The molecule has 0 fully saturated rings. The van der Waals surface area contributed by atoms with Crippen LogP contribution >= 0.6 is 0 Å². The monoisotopic (exact) mass is 260 g/mol. The Morgan fingerprint density at radius 3 is 2.74 bits per heavy atom. The molecule has 0 heterocycles. The summed E-state index contributed by atoms with van der Waals surface area (Å²) >= 11 is 0. The third-order valence-corrected chi connectivity index (χ3v) is 2.99. The number of rotatable bonds is 7. The maximum Gasteiger partial charge on any atom is 0.188 e. The minimum Gasteiger partial charge on any atom is -0.467 e. The van der Waals surface area contributed by atoms with Gasteiger partial charge >= 0.3 is 0 Å². The number of methoxy groups -OCH3 is 1. The zero-order valence-corrected chi connectivity index (χ0v) is 11.7. The van der Waals surface area contributed by atoms with Gasteiger partial charge in [-0.3, -0.25) is 4.79 Å². The van der Waals surface area contributed by atoms with Gasteiger partial charge < -0.3 is 9.47 Å². The highest BCUT2D eigenvalue weighted by molar-refractivity contribution is 5.66. The lowest BCUT2D eigenvalue weighted by Crippen LogP contribution is -2.18. The summed E-state index contributed by atoms with van der Waals surface area (Å²) in [4.78, 5) is 10.6. The average molecular weight is 260 g/mol. The number of carbonyl (C=O) groups is 1. The van der Waals surface area contributed by atoms with Crippen molar-refractivity contribution in [3.05, 3.63) is 54.1 Å². The lowest BCUT2D eigenvalue weighted by Gasteiger charge is -2.25. The molecule has 0 aliphatic carbocycles. The summed E-state index contributed by atoms with van der Waals surface area (Å²) in [6.07, 6.45) is 5.83. The predicted molar refractivity (Wildman–Crippen MR) is 76.4 cm³/mol. The summed E-state index contributed by atoms with van der Waals surface area (Å²) in [5.41, 5.74) is 1.61. The van der Waals surface area contributed by atoms with Crippen molar-refractivity contribution in [3.63, 3.8) is 0 Å². The lowest BCUT2D eigenvalue weighted by molar-refractivity contribution is -0.104. The van der Waals surface area contributed by atoms with Crippen LogP contribution in [-0.2, 0) is 14.9 Å². The van der Waals surface area contributed by atoms with Crippen LogP contribution in [0.1, 0.15) is 18.1 Å². The van der Waals surface area contributed by atoms with E-state index >= 15 is 0 Å². The molecule has 0 aliphatic rings. The Hall–Kier alpha value is -1.87. The van der Waals surface area contributed by atoms with Gasteiger partial charge in [0.2, 0.25) is 0 Å². The summed E-state index contributed by atoms with van der Waals surface area (Å²) in [6, 6.07) is 5.91. The second-order valence-corrected chi connectivity index (χ2v) is 4.53. The molecule has 1 rings (SSSR count). The zero-order chi connectivity index (χ0) is 14.3. The molecule has 102 valence electrons. The maximum absolute atomic E-state index is 10.6. The highest BCUT2D eigenvalue weighted by Gasteiger charge is 2.23. The Bertz CT molecular complexity index is 477. The van der Waals surface area contributed by atoms with Crippen LogP contribution in [0.5, 0.6) is 5.75 Å². The average Bonchev–Trinajstić information content (AvgIpc) is 2.43. The molecule has 0 aromatic heterocycles. The molecule has 0 unspecified atom stereocenters. The van der Waals surface area contributed by atoms with Crippen LogP contribution in [-0.4, -0.2) is 20.2 Å². The quantitative estimate of drug-likeness (QED) is 0.327. The molecule has 0 bridgehead atoms. The van der Waals surface area contributed by atoms with Gasteiger partial charge in [0.15, 0.2) is 6.79 Å². The minimum atomic E-state index is -0.462. The van der Waals surface area contributed by atoms with E-state index in [1.807, 2.05) is 32.0 Å². The molecule has 1 aromatic carbocycles. The molecule has 1 aromatic rings. The second kappa shape index (κ2) is 6.90. The normalized spacial score (nSPS) is 14.1. The molecule has 1 atom stereocenters. The van der Waals surface area contributed by atoms with E-state index in [0.717, 1.165) is 23.2 Å². The van der Waals surface area contributed by atoms with Crippen molar-refractivity contribution in [2.24, 2.45) is 0 Å². The van der Waals surface area contributed by atoms with Gasteiger partial charge in [-0.25, -0.2) is 0 Å². The highest BCUT2D eigenvalue weighted by Crippen LogP contribution is 2.35. The van der Waals surface area contributed by atoms with Gasteiger partial charge in [0.05, 0.1) is 0 Å². The van der Waals surface area contributed by atoms with Gasteiger partial charge in [0.1, 0.15) is 12.0 Å². The van der Waals surface area contributed by atoms with Crippen molar-refractivity contribution in [3.8, 4) is 5.75 Å². The number of carbonyl (C=O) groups excluding carboxylic acids is 1. The van der Waals surface area contributed by atoms with Crippen LogP contribution in [0.3, 0.4) is 0 Å². The fourth-order valence-corrected chi connectivity index (χ4v) is 1.82. The molecule has 0 saturated heterocycles. The molecule has 0 amide bonds. The van der Waals surface area contributed by atoms with E-state index < -0.39 is 5.41 Å². The largest absolute Gasteiger partial charge is 0.467 e. The molecular formula is C16H20O3. The summed E-state index contributed by atoms with van der Waals surface area (Å²) < 4.78 is 10.5. The van der Waals surface area contributed by atoms with Crippen LogP contribution in [0.4, 0.5) is 0 Å². The third kappa shape index (κ3) is 3.80. The molecule has 3 heteroatoms. The third-order valence-electron chi connectivity index (χ3n) is 2.99. The molecule has 19 heavy (non-hydrogen) atoms. The predicted octanol–water partition coefficient (Wildman–Crippen LogP) is 3.18. The van der Waals surface area contributed by atoms with Crippen LogP contribution in [0.2, 0.25) is 0 Å². The van der Waals surface area contributed by atoms with E-state index in [-0.39, 0.29) is 6.79 Å². The van der Waals surface area contributed by atoms with Crippen LogP contribution in [0.25, 0.3) is 0 Å². The Labute approximate surface area is 114 Å². The number of allylic oxidation sites excluding steroid dienone is 3. The van der Waals surface area contributed by atoms with Gasteiger partial charge in [-0.1, -0.05) is 29.8 Å². The summed E-state index contributed by atoms with van der Waals surface area (Å²) in [5, 5.41) is 0. The van der Waals surface area contributed by atoms with E-state index in [0.29, 0.717) is 0 Å². The lowest BCUT2D eigenvalue weighted by atomic mass is 9.81. The van der Waals surface area contributed by atoms with Crippen molar-refractivity contribution in [1.82, 2.24) is 0 Å². The molecule has 0 aliphatic heterocycles. The number of aryl methyl sites for hydroxylation is 1. The van der Waals surface area contributed by atoms with Crippen molar-refractivity contribution in [2.75, 3.05) is 13.9 Å². The first-order chi connectivity index (χ1) is 9.07. The van der Waals surface area contributed by atoms with Crippen molar-refractivity contribution in [1.29, 1.82) is 0 Å². The van der Waals surface area contributed by atoms with Crippen LogP contribution in [0, 0.1) is 6.92 Å². The fourth-order valence-electron chi connectivity index (χ4n) is 1.82. The number of hydrogen-bond acceptors (Lipinski definition) is 3. The molecular weight excluding hydrogens is 240 g/mol. The minimum absolute atomic E-state index is 0.181. The highest BCUT2D eigenvalue weighted by atomic mass is 16.7. The Kier molecular flexibility index (Phi) is 5.52. The maximum atomic E-state index is 10.6. The van der Waals surface area contributed by atoms with Crippen LogP contribution < -0.4 is 4.74 Å². The number of benzene rings is 1. The van der Waals surface area contributed by atoms with Crippen molar-refractivity contribution < 1.29 is 14.3 Å². The number of aldehydes is 1. The van der Waals surface area contributed by atoms with E-state index in [4.69, 9.17) is 9.47 Å². The number of hydrogen-bond donors (Lipinski definition) is 0. The summed E-state index contributed by atoms with van der Waals surface area (Å²) in [6.45, 7) is 8.03. The van der Waals surface area contributed by atoms with E-state index in [1.54, 1.807) is 19.3 Å². The first-order valence-corrected chi connectivity index (χ1v) is 6.07. The Morgan fingerprint density at radius 2 is 2.16 bits per heavy atom. The van der Waals surface area contributed by atoms with Crippen molar-refractivity contribution >= 4 is 6.29 Å². The number of ether oxygens (including phenoxy) is 2. The smallest absolute Gasteiger partial charge is 0.188 e. The second-order valence-electron chi connectivity index (χ2n) is 4.53. The molecule has 0 saturated carbocycles. The van der Waals surface area contributed by atoms with E-state index in [2.05, 4.69) is 6.58 Å². The Morgan fingerprint density at radius 1 is 1.42 bits per heavy atom. The van der Waals surface area contributed by atoms with Gasteiger partial charge in [0.25, 0.3) is 0 Å². The van der Waals surface area contributed by atoms with Gasteiger partial charge in [0, 0.05) is 18.1 Å².